The highest BCUT2D eigenvalue weighted by Gasteiger charge is 2.05. The van der Waals surface area contributed by atoms with E-state index in [1.54, 1.807) is 6.20 Å². The van der Waals surface area contributed by atoms with E-state index < -0.39 is 0 Å². The molecule has 1 atom stereocenters. The van der Waals surface area contributed by atoms with Crippen molar-refractivity contribution in [1.82, 2.24) is 4.98 Å². The van der Waals surface area contributed by atoms with Crippen LogP contribution in [0.2, 0.25) is 0 Å². The van der Waals surface area contributed by atoms with Crippen molar-refractivity contribution in [2.24, 2.45) is 11.5 Å². The average Bonchev–Trinajstić information content (AvgIpc) is 2.18. The van der Waals surface area contributed by atoms with Crippen LogP contribution in [0.15, 0.2) is 22.9 Å². The number of nitrogens with zero attached hydrogens (tertiary/aromatic N) is 1. The predicted octanol–water partition coefficient (Wildman–Crippen LogP) is 2.39. The second-order valence-corrected chi connectivity index (χ2v) is 4.12. The van der Waals surface area contributed by atoms with Gasteiger partial charge < -0.3 is 11.5 Å². The van der Waals surface area contributed by atoms with E-state index in [0.717, 1.165) is 36.0 Å². The van der Waals surface area contributed by atoms with Gasteiger partial charge in [0.1, 0.15) is 4.60 Å². The van der Waals surface area contributed by atoms with Gasteiger partial charge in [0.2, 0.25) is 0 Å². The number of halogens is 2. The monoisotopic (exact) mass is 293 g/mol. The molecule has 1 rings (SSSR count). The normalized spacial score (nSPS) is 11.9. The van der Waals surface area contributed by atoms with Crippen LogP contribution in [0.5, 0.6) is 0 Å². The Balaban J connectivity index is 0.00000196. The van der Waals surface area contributed by atoms with E-state index in [-0.39, 0.29) is 18.4 Å². The molecular formula is C10H17BrClN3. The van der Waals surface area contributed by atoms with E-state index in [1.807, 2.05) is 12.1 Å². The van der Waals surface area contributed by atoms with E-state index in [9.17, 15) is 0 Å². The summed E-state index contributed by atoms with van der Waals surface area (Å²) in [5.41, 5.74) is 12.6. The highest BCUT2D eigenvalue weighted by atomic mass is 79.9. The van der Waals surface area contributed by atoms with Gasteiger partial charge in [-0.3, -0.25) is 0 Å². The molecule has 0 fully saturated rings. The number of rotatable bonds is 5. The molecule has 1 aromatic rings. The molecule has 0 radical (unpaired) electrons. The quantitative estimate of drug-likeness (QED) is 0.647. The van der Waals surface area contributed by atoms with E-state index in [4.69, 9.17) is 11.5 Å². The van der Waals surface area contributed by atoms with E-state index in [2.05, 4.69) is 20.9 Å². The van der Waals surface area contributed by atoms with Crippen LogP contribution < -0.4 is 11.5 Å². The van der Waals surface area contributed by atoms with Crippen LogP contribution in [0, 0.1) is 0 Å². The molecule has 15 heavy (non-hydrogen) atoms. The second kappa shape index (κ2) is 8.05. The molecule has 5 heteroatoms. The first-order valence-corrected chi connectivity index (χ1v) is 5.60. The smallest absolute Gasteiger partial charge is 0.106 e. The molecule has 0 aromatic carbocycles. The first kappa shape index (κ1) is 14.8. The van der Waals surface area contributed by atoms with Gasteiger partial charge in [-0.2, -0.15) is 0 Å². The summed E-state index contributed by atoms with van der Waals surface area (Å²) in [6.45, 7) is 0.743. The SMILES string of the molecule is Cl.NCCCC[C@@H](N)c1ccnc(Br)c1. The molecule has 4 N–H and O–H groups in total. The Morgan fingerprint density at radius 1 is 1.40 bits per heavy atom. The Kier molecular flexibility index (Phi) is 7.96. The van der Waals surface area contributed by atoms with Crippen molar-refractivity contribution < 1.29 is 0 Å². The number of pyridine rings is 1. The lowest BCUT2D eigenvalue weighted by atomic mass is 10.0. The fraction of sp³-hybridized carbons (Fsp3) is 0.500. The van der Waals surface area contributed by atoms with Gasteiger partial charge in [-0.1, -0.05) is 6.42 Å². The highest BCUT2D eigenvalue weighted by molar-refractivity contribution is 9.10. The minimum Gasteiger partial charge on any atom is -0.330 e. The molecule has 0 aliphatic heterocycles. The van der Waals surface area contributed by atoms with Crippen molar-refractivity contribution in [3.63, 3.8) is 0 Å². The number of unbranched alkanes of at least 4 members (excludes halogenated alkanes) is 1. The van der Waals surface area contributed by atoms with Crippen LogP contribution >= 0.6 is 28.3 Å². The highest BCUT2D eigenvalue weighted by Crippen LogP contribution is 2.18. The Hall–Kier alpha value is -0.160. The summed E-state index contributed by atoms with van der Waals surface area (Å²) >= 11 is 3.33. The first-order valence-electron chi connectivity index (χ1n) is 4.81. The van der Waals surface area contributed by atoms with Crippen molar-refractivity contribution in [2.75, 3.05) is 6.54 Å². The maximum atomic E-state index is 6.02. The average molecular weight is 295 g/mol. The minimum absolute atomic E-state index is 0. The Morgan fingerprint density at radius 2 is 2.13 bits per heavy atom. The molecule has 0 bridgehead atoms. The maximum absolute atomic E-state index is 6.02. The van der Waals surface area contributed by atoms with Crippen molar-refractivity contribution in [3.8, 4) is 0 Å². The molecule has 0 unspecified atom stereocenters. The number of aromatic nitrogens is 1. The lowest BCUT2D eigenvalue weighted by Gasteiger charge is -2.11. The number of nitrogens with two attached hydrogens (primary N) is 2. The fourth-order valence-corrected chi connectivity index (χ4v) is 1.71. The third-order valence-electron chi connectivity index (χ3n) is 2.15. The largest absolute Gasteiger partial charge is 0.330 e. The van der Waals surface area contributed by atoms with Crippen molar-refractivity contribution in [1.29, 1.82) is 0 Å². The molecule has 0 saturated carbocycles. The predicted molar refractivity (Wildman–Crippen MR) is 69.0 cm³/mol. The van der Waals surface area contributed by atoms with Gasteiger partial charge in [0, 0.05) is 12.2 Å². The topological polar surface area (TPSA) is 64.9 Å². The molecule has 0 spiro atoms. The molecule has 86 valence electrons. The van der Waals surface area contributed by atoms with Crippen molar-refractivity contribution >= 4 is 28.3 Å². The third-order valence-corrected chi connectivity index (χ3v) is 2.58. The summed E-state index contributed by atoms with van der Waals surface area (Å²) in [5, 5.41) is 0. The molecule has 0 aliphatic rings. The fourth-order valence-electron chi connectivity index (χ4n) is 1.32. The standard InChI is InChI=1S/C10H16BrN3.ClH/c11-10-7-8(4-6-14-10)9(13)3-1-2-5-12;/h4,6-7,9H,1-3,5,12-13H2;1H/t9-;/m1./s1. The van der Waals surface area contributed by atoms with Gasteiger partial charge in [-0.05, 0) is 53.0 Å². The molecule has 1 heterocycles. The lowest BCUT2D eigenvalue weighted by molar-refractivity contribution is 0.590. The lowest BCUT2D eigenvalue weighted by Crippen LogP contribution is -2.11. The van der Waals surface area contributed by atoms with Crippen LogP contribution in [0.4, 0.5) is 0 Å². The summed E-state index contributed by atoms with van der Waals surface area (Å²) in [6.07, 6.45) is 4.87. The van der Waals surface area contributed by atoms with Crippen molar-refractivity contribution in [2.45, 2.75) is 25.3 Å². The summed E-state index contributed by atoms with van der Waals surface area (Å²) < 4.78 is 0.837. The summed E-state index contributed by atoms with van der Waals surface area (Å²) in [5.74, 6) is 0. The summed E-state index contributed by atoms with van der Waals surface area (Å²) in [6, 6.07) is 4.02. The van der Waals surface area contributed by atoms with Gasteiger partial charge in [0.15, 0.2) is 0 Å². The Labute approximate surface area is 105 Å². The number of hydrogen-bond acceptors (Lipinski definition) is 3. The summed E-state index contributed by atoms with van der Waals surface area (Å²) in [7, 11) is 0. The first-order chi connectivity index (χ1) is 6.74. The molecule has 3 nitrogen and oxygen atoms in total. The van der Waals surface area contributed by atoms with Gasteiger partial charge in [0.05, 0.1) is 0 Å². The van der Waals surface area contributed by atoms with Gasteiger partial charge in [-0.25, -0.2) is 4.98 Å². The zero-order chi connectivity index (χ0) is 10.4. The third kappa shape index (κ3) is 5.47. The second-order valence-electron chi connectivity index (χ2n) is 3.30. The van der Waals surface area contributed by atoms with Gasteiger partial charge in [-0.15, -0.1) is 12.4 Å². The summed E-state index contributed by atoms with van der Waals surface area (Å²) in [4.78, 5) is 4.06. The van der Waals surface area contributed by atoms with Crippen LogP contribution in [0.3, 0.4) is 0 Å². The van der Waals surface area contributed by atoms with Crippen LogP contribution in [0.25, 0.3) is 0 Å². The van der Waals surface area contributed by atoms with E-state index in [0.29, 0.717) is 0 Å². The Bertz CT molecular complexity index is 283. The molecule has 0 amide bonds. The van der Waals surface area contributed by atoms with Crippen LogP contribution in [-0.2, 0) is 0 Å². The Morgan fingerprint density at radius 3 is 2.73 bits per heavy atom. The molecule has 0 saturated heterocycles. The van der Waals surface area contributed by atoms with Crippen molar-refractivity contribution in [3.05, 3.63) is 28.5 Å². The zero-order valence-corrected chi connectivity index (χ0v) is 10.9. The molecule has 0 aliphatic carbocycles. The van der Waals surface area contributed by atoms with Gasteiger partial charge in [0.25, 0.3) is 0 Å². The minimum atomic E-state index is 0. The van der Waals surface area contributed by atoms with Crippen LogP contribution in [-0.4, -0.2) is 11.5 Å². The van der Waals surface area contributed by atoms with E-state index in [1.165, 1.54) is 0 Å². The van der Waals surface area contributed by atoms with E-state index >= 15 is 0 Å². The molecule has 1 aromatic heterocycles. The van der Waals surface area contributed by atoms with Gasteiger partial charge >= 0.3 is 0 Å². The number of hydrogen-bond donors (Lipinski definition) is 2. The maximum Gasteiger partial charge on any atom is 0.106 e. The van der Waals surface area contributed by atoms with Crippen LogP contribution in [0.1, 0.15) is 30.9 Å². The molecular weight excluding hydrogens is 277 g/mol. The zero-order valence-electron chi connectivity index (χ0n) is 8.53.